The molecule has 1 rings (SSSR count). The van der Waals surface area contributed by atoms with Gasteiger partial charge in [-0.15, -0.1) is 0 Å². The molecule has 0 heterocycles. The van der Waals surface area contributed by atoms with E-state index < -0.39 is 5.82 Å². The lowest BCUT2D eigenvalue weighted by molar-refractivity contribution is 0.623. The van der Waals surface area contributed by atoms with E-state index in [1.54, 1.807) is 18.2 Å². The van der Waals surface area contributed by atoms with Crippen molar-refractivity contribution in [3.63, 3.8) is 0 Å². The molecule has 72 valence electrons. The molecule has 0 saturated carbocycles. The number of rotatable bonds is 3. The third kappa shape index (κ3) is 2.61. The van der Waals surface area contributed by atoms with Crippen LogP contribution < -0.4 is 0 Å². The predicted octanol–water partition coefficient (Wildman–Crippen LogP) is 3.03. The molecule has 3 heteroatoms. The Labute approximate surface area is 88.3 Å². The Kier molecular flexibility index (Phi) is 4.21. The molecule has 1 nitrogen and oxygen atoms in total. The Balaban J connectivity index is 2.98. The molecular formula is C11H10FNS. The van der Waals surface area contributed by atoms with E-state index in [-0.39, 0.29) is 5.56 Å². The molecule has 0 saturated heterocycles. The zero-order valence-corrected chi connectivity index (χ0v) is 8.47. The number of halogens is 1. The maximum absolute atomic E-state index is 13.1. The smallest absolute Gasteiger partial charge is 0.141 e. The van der Waals surface area contributed by atoms with Crippen molar-refractivity contribution in [2.75, 3.05) is 5.75 Å². The first-order valence-electron chi connectivity index (χ1n) is 4.25. The first kappa shape index (κ1) is 10.8. The van der Waals surface area contributed by atoms with Gasteiger partial charge in [-0.25, -0.2) is 4.39 Å². The maximum atomic E-state index is 13.1. The highest BCUT2D eigenvalue weighted by atomic mass is 32.1. The summed E-state index contributed by atoms with van der Waals surface area (Å²) in [6.07, 6.45) is 4.44. The summed E-state index contributed by atoms with van der Waals surface area (Å²) in [4.78, 5) is 0. The molecule has 0 N–H and O–H groups in total. The molecule has 0 amide bonds. The molecule has 0 bridgehead atoms. The van der Waals surface area contributed by atoms with Crippen molar-refractivity contribution in [2.45, 2.75) is 6.42 Å². The van der Waals surface area contributed by atoms with Crippen molar-refractivity contribution in [1.29, 1.82) is 5.26 Å². The van der Waals surface area contributed by atoms with Gasteiger partial charge in [-0.3, -0.25) is 0 Å². The minimum Gasteiger partial charge on any atom is -0.206 e. The number of benzene rings is 1. The second-order valence-electron chi connectivity index (χ2n) is 2.73. The monoisotopic (exact) mass is 207 g/mol. The second-order valence-corrected chi connectivity index (χ2v) is 3.18. The van der Waals surface area contributed by atoms with E-state index in [0.717, 1.165) is 12.2 Å². The molecule has 0 aromatic heterocycles. The van der Waals surface area contributed by atoms with Gasteiger partial charge in [0.15, 0.2) is 0 Å². The van der Waals surface area contributed by atoms with Gasteiger partial charge in [0.05, 0.1) is 5.56 Å². The quantitative estimate of drug-likeness (QED) is 0.757. The van der Waals surface area contributed by atoms with Crippen LogP contribution in [0.2, 0.25) is 0 Å². The van der Waals surface area contributed by atoms with Crippen LogP contribution in [0.4, 0.5) is 4.39 Å². The number of allylic oxidation sites excluding steroid dienone is 1. The molecule has 0 fully saturated rings. The number of hydrogen-bond donors (Lipinski definition) is 1. The van der Waals surface area contributed by atoms with Crippen LogP contribution >= 0.6 is 12.6 Å². The van der Waals surface area contributed by atoms with Gasteiger partial charge in [0.25, 0.3) is 0 Å². The highest BCUT2D eigenvalue weighted by molar-refractivity contribution is 7.80. The summed E-state index contributed by atoms with van der Waals surface area (Å²) in [6, 6.07) is 6.44. The third-order valence-electron chi connectivity index (χ3n) is 1.75. The molecule has 0 unspecified atom stereocenters. The average Bonchev–Trinajstić information content (AvgIpc) is 2.18. The molecule has 1 aromatic rings. The van der Waals surface area contributed by atoms with Crippen molar-refractivity contribution in [2.24, 2.45) is 0 Å². The van der Waals surface area contributed by atoms with Crippen molar-refractivity contribution in [3.05, 3.63) is 41.2 Å². The van der Waals surface area contributed by atoms with Gasteiger partial charge in [0.2, 0.25) is 0 Å². The molecule has 0 aliphatic carbocycles. The van der Waals surface area contributed by atoms with Crippen LogP contribution in [-0.2, 0) is 0 Å². The maximum Gasteiger partial charge on any atom is 0.141 e. The van der Waals surface area contributed by atoms with E-state index >= 15 is 0 Å². The summed E-state index contributed by atoms with van der Waals surface area (Å²) in [5.41, 5.74) is 0.720. The van der Waals surface area contributed by atoms with Gasteiger partial charge in [0.1, 0.15) is 11.9 Å². The highest BCUT2D eigenvalue weighted by Crippen LogP contribution is 2.14. The van der Waals surface area contributed by atoms with Crippen LogP contribution in [0.1, 0.15) is 17.5 Å². The van der Waals surface area contributed by atoms with Gasteiger partial charge < -0.3 is 0 Å². The zero-order chi connectivity index (χ0) is 10.4. The van der Waals surface area contributed by atoms with Crippen molar-refractivity contribution < 1.29 is 4.39 Å². The van der Waals surface area contributed by atoms with Crippen LogP contribution in [0.3, 0.4) is 0 Å². The van der Waals surface area contributed by atoms with Crippen LogP contribution in [-0.4, -0.2) is 5.75 Å². The van der Waals surface area contributed by atoms with E-state index in [9.17, 15) is 4.39 Å². The molecule has 14 heavy (non-hydrogen) atoms. The van der Waals surface area contributed by atoms with E-state index in [1.807, 2.05) is 12.1 Å². The number of nitrogens with zero attached hydrogens (tertiary/aromatic N) is 1. The zero-order valence-electron chi connectivity index (χ0n) is 7.57. The lowest BCUT2D eigenvalue weighted by Gasteiger charge is -1.97. The Morgan fingerprint density at radius 3 is 2.93 bits per heavy atom. The average molecular weight is 207 g/mol. The summed E-state index contributed by atoms with van der Waals surface area (Å²) in [6.45, 7) is 0. The van der Waals surface area contributed by atoms with E-state index in [2.05, 4.69) is 12.6 Å². The van der Waals surface area contributed by atoms with Crippen LogP contribution in [0, 0.1) is 17.1 Å². The molecule has 1 aromatic carbocycles. The number of thiol groups is 1. The standard InChI is InChI=1S/C11H10FNS/c12-11-6-3-5-9(10(11)8-13)4-1-2-7-14/h1,3-6,14H,2,7H2. The Morgan fingerprint density at radius 1 is 1.50 bits per heavy atom. The van der Waals surface area contributed by atoms with Crippen LogP contribution in [0.15, 0.2) is 24.3 Å². The van der Waals surface area contributed by atoms with E-state index in [0.29, 0.717) is 5.56 Å². The minimum atomic E-state index is -0.472. The molecule has 0 atom stereocenters. The molecule has 0 spiro atoms. The molecule has 0 radical (unpaired) electrons. The SMILES string of the molecule is N#Cc1c(F)cccc1C=CCCS. The minimum absolute atomic E-state index is 0.0999. The fraction of sp³-hybridized carbons (Fsp3) is 0.182. The summed E-state index contributed by atoms with van der Waals surface area (Å²) < 4.78 is 13.1. The molecular weight excluding hydrogens is 197 g/mol. The Bertz CT molecular complexity index is 379. The van der Waals surface area contributed by atoms with E-state index in [4.69, 9.17) is 5.26 Å². The molecule has 0 aliphatic rings. The normalized spacial score (nSPS) is 10.4. The fourth-order valence-electron chi connectivity index (χ4n) is 1.08. The Hall–Kier alpha value is -1.27. The summed E-state index contributed by atoms with van der Waals surface area (Å²) in [5.74, 6) is 0.272. The van der Waals surface area contributed by atoms with Gasteiger partial charge in [-0.2, -0.15) is 17.9 Å². The lowest BCUT2D eigenvalue weighted by Crippen LogP contribution is -1.87. The third-order valence-corrected chi connectivity index (χ3v) is 2.01. The van der Waals surface area contributed by atoms with Gasteiger partial charge >= 0.3 is 0 Å². The van der Waals surface area contributed by atoms with Crippen molar-refractivity contribution >= 4 is 18.7 Å². The van der Waals surface area contributed by atoms with Gasteiger partial charge in [-0.05, 0) is 23.8 Å². The topological polar surface area (TPSA) is 23.8 Å². The highest BCUT2D eigenvalue weighted by Gasteiger charge is 2.03. The first-order chi connectivity index (χ1) is 6.79. The van der Waals surface area contributed by atoms with Crippen molar-refractivity contribution in [1.82, 2.24) is 0 Å². The number of nitriles is 1. The largest absolute Gasteiger partial charge is 0.206 e. The van der Waals surface area contributed by atoms with E-state index in [1.165, 1.54) is 6.07 Å². The Morgan fingerprint density at radius 2 is 2.29 bits per heavy atom. The second kappa shape index (κ2) is 5.46. The lowest BCUT2D eigenvalue weighted by atomic mass is 10.1. The summed E-state index contributed by atoms with van der Waals surface area (Å²) in [5, 5.41) is 8.72. The first-order valence-corrected chi connectivity index (χ1v) is 4.89. The summed E-state index contributed by atoms with van der Waals surface area (Å²) in [7, 11) is 0. The fourth-order valence-corrected chi connectivity index (χ4v) is 1.23. The summed E-state index contributed by atoms with van der Waals surface area (Å²) >= 11 is 4.05. The predicted molar refractivity (Wildman–Crippen MR) is 58.6 cm³/mol. The molecule has 0 aliphatic heterocycles. The van der Waals surface area contributed by atoms with Crippen molar-refractivity contribution in [3.8, 4) is 6.07 Å². The van der Waals surface area contributed by atoms with Gasteiger partial charge in [0, 0.05) is 0 Å². The van der Waals surface area contributed by atoms with Crippen LogP contribution in [0.5, 0.6) is 0 Å². The van der Waals surface area contributed by atoms with Gasteiger partial charge in [-0.1, -0.05) is 24.3 Å². The van der Waals surface area contributed by atoms with Crippen LogP contribution in [0.25, 0.3) is 6.08 Å². The number of hydrogen-bond acceptors (Lipinski definition) is 2.